The molecule has 29 heavy (non-hydrogen) atoms. The van der Waals surface area contributed by atoms with Gasteiger partial charge in [0.1, 0.15) is 6.07 Å². The Kier molecular flexibility index (Phi) is 4.99. The number of anilines is 1. The number of aromatic nitrogens is 1. The first-order valence-corrected chi connectivity index (χ1v) is 11.0. The number of sulfonamides is 1. The zero-order chi connectivity index (χ0) is 20.6. The van der Waals surface area contributed by atoms with Gasteiger partial charge in [0.2, 0.25) is 10.0 Å². The van der Waals surface area contributed by atoms with Gasteiger partial charge >= 0.3 is 0 Å². The van der Waals surface area contributed by atoms with Crippen LogP contribution in [0.1, 0.15) is 35.1 Å². The molecular weight excluding hydrogens is 384 g/mol. The Hall–Kier alpha value is -2.95. The van der Waals surface area contributed by atoms with Crippen molar-refractivity contribution in [2.75, 3.05) is 5.32 Å². The van der Waals surface area contributed by atoms with Crippen LogP contribution in [0.3, 0.4) is 0 Å². The molecule has 0 unspecified atom stereocenters. The fourth-order valence-electron chi connectivity index (χ4n) is 3.40. The molecule has 1 saturated carbocycles. The van der Waals surface area contributed by atoms with Gasteiger partial charge in [-0.15, -0.1) is 0 Å². The minimum atomic E-state index is -3.45. The van der Waals surface area contributed by atoms with Crippen LogP contribution in [0.5, 0.6) is 0 Å². The van der Waals surface area contributed by atoms with Crippen LogP contribution < -0.4 is 10.0 Å². The van der Waals surface area contributed by atoms with Crippen molar-refractivity contribution >= 4 is 26.6 Å². The fourth-order valence-corrected chi connectivity index (χ4v) is 4.71. The van der Waals surface area contributed by atoms with E-state index < -0.39 is 10.0 Å². The number of hydrogen-bond acceptors (Lipinski definition) is 5. The van der Waals surface area contributed by atoms with Gasteiger partial charge in [0.25, 0.3) is 0 Å². The molecule has 3 aromatic rings. The summed E-state index contributed by atoms with van der Waals surface area (Å²) in [6.45, 7) is 4.49. The van der Waals surface area contributed by atoms with Crippen molar-refractivity contribution in [3.05, 3.63) is 64.8 Å². The molecule has 1 aliphatic carbocycles. The van der Waals surface area contributed by atoms with Gasteiger partial charge in [-0.25, -0.2) is 13.1 Å². The Balaban J connectivity index is 1.59. The smallest absolute Gasteiger partial charge is 0.240 e. The highest BCUT2D eigenvalue weighted by Gasteiger charge is 2.27. The van der Waals surface area contributed by atoms with Gasteiger partial charge in [0.05, 0.1) is 21.7 Å². The van der Waals surface area contributed by atoms with Crippen LogP contribution in [0, 0.1) is 25.2 Å². The van der Waals surface area contributed by atoms with E-state index >= 15 is 0 Å². The summed E-state index contributed by atoms with van der Waals surface area (Å²) in [5.41, 5.74) is 5.18. The van der Waals surface area contributed by atoms with Crippen LogP contribution >= 0.6 is 0 Å². The van der Waals surface area contributed by atoms with Crippen LogP contribution in [0.4, 0.5) is 5.69 Å². The van der Waals surface area contributed by atoms with Crippen LogP contribution in [0.25, 0.3) is 10.9 Å². The number of benzene rings is 2. The molecule has 2 N–H and O–H groups in total. The largest absolute Gasteiger partial charge is 0.379 e. The van der Waals surface area contributed by atoms with Gasteiger partial charge in [-0.3, -0.25) is 4.98 Å². The number of nitrogens with one attached hydrogen (secondary N) is 2. The lowest BCUT2D eigenvalue weighted by atomic mass is 10.0. The van der Waals surface area contributed by atoms with Crippen LogP contribution in [-0.2, 0) is 16.6 Å². The highest BCUT2D eigenvalue weighted by molar-refractivity contribution is 7.89. The topological polar surface area (TPSA) is 94.9 Å². The summed E-state index contributed by atoms with van der Waals surface area (Å²) in [5.74, 6) is 0. The normalized spacial score (nSPS) is 14.0. The van der Waals surface area contributed by atoms with Crippen molar-refractivity contribution < 1.29 is 8.42 Å². The average molecular weight is 407 g/mol. The van der Waals surface area contributed by atoms with Crippen molar-refractivity contribution in [2.24, 2.45) is 0 Å². The molecule has 0 amide bonds. The molecule has 1 aromatic heterocycles. The zero-order valence-corrected chi connectivity index (χ0v) is 17.2. The van der Waals surface area contributed by atoms with Crippen molar-refractivity contribution in [1.29, 1.82) is 5.26 Å². The molecule has 0 atom stereocenters. The second-order valence-corrected chi connectivity index (χ2v) is 9.24. The number of hydrogen-bond donors (Lipinski definition) is 2. The van der Waals surface area contributed by atoms with Gasteiger partial charge in [-0.1, -0.05) is 23.8 Å². The van der Waals surface area contributed by atoms with Gasteiger partial charge < -0.3 is 5.32 Å². The third kappa shape index (κ3) is 4.09. The molecule has 0 aliphatic heterocycles. The van der Waals surface area contributed by atoms with Crippen LogP contribution in [0.15, 0.2) is 47.5 Å². The lowest BCUT2D eigenvalue weighted by Crippen LogP contribution is -2.25. The minimum absolute atomic E-state index is 0.0811. The third-order valence-electron chi connectivity index (χ3n) is 5.03. The Morgan fingerprint density at radius 3 is 2.55 bits per heavy atom. The van der Waals surface area contributed by atoms with E-state index in [1.54, 1.807) is 30.5 Å². The number of pyridine rings is 1. The summed E-state index contributed by atoms with van der Waals surface area (Å²) in [4.78, 5) is 4.71. The van der Waals surface area contributed by atoms with E-state index in [2.05, 4.69) is 27.2 Å². The van der Waals surface area contributed by atoms with Crippen molar-refractivity contribution in [1.82, 2.24) is 9.71 Å². The second kappa shape index (κ2) is 7.47. The SMILES string of the molecule is Cc1cc(C)c2ncc(C#N)c(NCc3ccc(S(=O)(=O)NC4CC4)cc3)c2c1. The Bertz CT molecular complexity index is 1220. The maximum Gasteiger partial charge on any atom is 0.240 e. The highest BCUT2D eigenvalue weighted by Crippen LogP contribution is 2.29. The molecule has 0 radical (unpaired) electrons. The summed E-state index contributed by atoms with van der Waals surface area (Å²) in [6, 6.07) is 13.2. The van der Waals surface area contributed by atoms with Crippen molar-refractivity contribution in [3.63, 3.8) is 0 Å². The minimum Gasteiger partial charge on any atom is -0.379 e. The van der Waals surface area contributed by atoms with E-state index in [0.717, 1.165) is 46.1 Å². The van der Waals surface area contributed by atoms with Crippen molar-refractivity contribution in [3.8, 4) is 6.07 Å². The van der Waals surface area contributed by atoms with Gasteiger partial charge in [0.15, 0.2) is 0 Å². The maximum atomic E-state index is 12.3. The van der Waals surface area contributed by atoms with Crippen LogP contribution in [-0.4, -0.2) is 19.4 Å². The van der Waals surface area contributed by atoms with E-state index in [0.29, 0.717) is 12.1 Å². The molecule has 0 spiro atoms. The first-order chi connectivity index (χ1) is 13.9. The molecule has 148 valence electrons. The number of aryl methyl sites for hydroxylation is 2. The highest BCUT2D eigenvalue weighted by atomic mass is 32.2. The molecule has 1 heterocycles. The molecule has 0 bridgehead atoms. The Morgan fingerprint density at radius 1 is 1.17 bits per heavy atom. The maximum absolute atomic E-state index is 12.3. The van der Waals surface area contributed by atoms with Gasteiger partial charge in [-0.2, -0.15) is 5.26 Å². The summed E-state index contributed by atoms with van der Waals surface area (Å²) < 4.78 is 27.3. The molecule has 1 fully saturated rings. The molecule has 4 rings (SSSR count). The fraction of sp³-hybridized carbons (Fsp3) is 0.273. The first kappa shape index (κ1) is 19.4. The summed E-state index contributed by atoms with van der Waals surface area (Å²) in [6.07, 6.45) is 3.40. The summed E-state index contributed by atoms with van der Waals surface area (Å²) in [7, 11) is -3.45. The number of nitrogens with zero attached hydrogens (tertiary/aromatic N) is 2. The predicted octanol–water partition coefficient (Wildman–Crippen LogP) is 3.78. The van der Waals surface area contributed by atoms with Gasteiger partial charge in [0, 0.05) is 24.2 Å². The van der Waals surface area contributed by atoms with E-state index in [1.165, 1.54) is 0 Å². The molecule has 1 aliphatic rings. The predicted molar refractivity (Wildman–Crippen MR) is 113 cm³/mol. The third-order valence-corrected chi connectivity index (χ3v) is 6.57. The molecule has 6 nitrogen and oxygen atoms in total. The average Bonchev–Trinajstić information content (AvgIpc) is 3.49. The molecule has 0 saturated heterocycles. The number of nitriles is 1. The summed E-state index contributed by atoms with van der Waals surface area (Å²) in [5, 5.41) is 13.8. The summed E-state index contributed by atoms with van der Waals surface area (Å²) >= 11 is 0. The van der Waals surface area contributed by atoms with E-state index in [-0.39, 0.29) is 10.9 Å². The zero-order valence-electron chi connectivity index (χ0n) is 16.4. The lowest BCUT2D eigenvalue weighted by molar-refractivity contribution is 0.581. The Morgan fingerprint density at radius 2 is 1.90 bits per heavy atom. The Labute approximate surface area is 170 Å². The van der Waals surface area contributed by atoms with E-state index in [4.69, 9.17) is 0 Å². The first-order valence-electron chi connectivity index (χ1n) is 9.52. The number of rotatable bonds is 6. The molecular formula is C22H22N4O2S. The second-order valence-electron chi connectivity index (χ2n) is 7.53. The quantitative estimate of drug-likeness (QED) is 0.650. The monoisotopic (exact) mass is 406 g/mol. The van der Waals surface area contributed by atoms with Gasteiger partial charge in [-0.05, 0) is 56.0 Å². The van der Waals surface area contributed by atoms with E-state index in [9.17, 15) is 13.7 Å². The number of fused-ring (bicyclic) bond motifs is 1. The lowest BCUT2D eigenvalue weighted by Gasteiger charge is -2.14. The standard InChI is InChI=1S/C22H22N4O2S/c1-14-9-15(2)21-20(10-14)22(17(11-23)13-25-21)24-12-16-3-7-19(8-4-16)29(27,28)26-18-5-6-18/h3-4,7-10,13,18,26H,5-6,12H2,1-2H3,(H,24,25). The van der Waals surface area contributed by atoms with E-state index in [1.807, 2.05) is 19.9 Å². The molecule has 7 heteroatoms. The molecule has 2 aromatic carbocycles. The van der Waals surface area contributed by atoms with Crippen LogP contribution in [0.2, 0.25) is 0 Å². The van der Waals surface area contributed by atoms with Crippen molar-refractivity contribution in [2.45, 2.75) is 44.2 Å².